The van der Waals surface area contributed by atoms with Gasteiger partial charge in [-0.25, -0.2) is 0 Å². The van der Waals surface area contributed by atoms with Gasteiger partial charge in [0.05, 0.1) is 0 Å². The van der Waals surface area contributed by atoms with Crippen molar-refractivity contribution in [2.75, 3.05) is 0 Å². The predicted molar refractivity (Wildman–Crippen MR) is 72.1 cm³/mol. The molecular formula is C9H13B3F12K-3. The van der Waals surface area contributed by atoms with Crippen LogP contribution in [0.15, 0.2) is 30.3 Å². The van der Waals surface area contributed by atoms with Crippen molar-refractivity contribution in [1.29, 1.82) is 0 Å². The Bertz CT molecular complexity index is 351. The molecule has 0 unspecified atom stereocenters. The zero-order chi connectivity index (χ0) is 20.0. The van der Waals surface area contributed by atoms with E-state index in [-0.39, 0.29) is 52.8 Å². The first-order chi connectivity index (χ1) is 10.4. The summed E-state index contributed by atoms with van der Waals surface area (Å²) in [4.78, 5) is 0. The Kier molecular flexibility index (Phi) is 21.5. The topological polar surface area (TPSA) is 0 Å². The van der Waals surface area contributed by atoms with E-state index in [2.05, 4.69) is 37.3 Å². The molecule has 0 aliphatic rings. The molecule has 0 aliphatic heterocycles. The Hall–Kier alpha value is 0.211. The molecule has 0 bridgehead atoms. The van der Waals surface area contributed by atoms with Crippen molar-refractivity contribution in [3.8, 4) is 0 Å². The molecule has 0 amide bonds. The third-order valence-corrected chi connectivity index (χ3v) is 1.38. The molecule has 0 saturated heterocycles. The fourth-order valence-electron chi connectivity index (χ4n) is 0.933. The molecular weight excluding hydrogens is 408 g/mol. The van der Waals surface area contributed by atoms with Crippen molar-refractivity contribution in [2.45, 2.75) is 19.8 Å². The molecule has 0 nitrogen and oxygen atoms in total. The van der Waals surface area contributed by atoms with Crippen molar-refractivity contribution >= 4 is 21.8 Å². The molecule has 0 radical (unpaired) electrons. The summed E-state index contributed by atoms with van der Waals surface area (Å²) in [5.74, 6) is 0. The number of halogens is 12. The van der Waals surface area contributed by atoms with Gasteiger partial charge in [0.15, 0.2) is 0 Å². The van der Waals surface area contributed by atoms with Crippen LogP contribution < -0.4 is 51.4 Å². The second-order valence-electron chi connectivity index (χ2n) is 3.72. The summed E-state index contributed by atoms with van der Waals surface area (Å²) < 4.78 is 117. The zero-order valence-electron chi connectivity index (χ0n) is 14.1. The van der Waals surface area contributed by atoms with Crippen molar-refractivity contribution in [3.05, 3.63) is 35.9 Å². The first kappa shape index (κ1) is 32.8. The first-order valence-electron chi connectivity index (χ1n) is 6.09. The minimum atomic E-state index is -6.00. The van der Waals surface area contributed by atoms with Gasteiger partial charge in [-0.05, 0) is 12.0 Å². The summed E-state index contributed by atoms with van der Waals surface area (Å²) >= 11 is 0. The van der Waals surface area contributed by atoms with Gasteiger partial charge in [-0.15, -0.1) is 0 Å². The van der Waals surface area contributed by atoms with Gasteiger partial charge in [-0.2, -0.15) is 0 Å². The van der Waals surface area contributed by atoms with E-state index in [0.29, 0.717) is 0 Å². The summed E-state index contributed by atoms with van der Waals surface area (Å²) in [5, 5.41) is 0. The molecule has 146 valence electrons. The van der Waals surface area contributed by atoms with Gasteiger partial charge >= 0.3 is 73.1 Å². The fourth-order valence-corrected chi connectivity index (χ4v) is 0.933. The Morgan fingerprint density at radius 2 is 0.880 bits per heavy atom. The van der Waals surface area contributed by atoms with Crippen LogP contribution in [0.3, 0.4) is 0 Å². The van der Waals surface area contributed by atoms with Gasteiger partial charge in [0, 0.05) is 0 Å². The number of rotatable bonds is 2. The number of hydrogen-bond acceptors (Lipinski definition) is 0. The van der Waals surface area contributed by atoms with Crippen molar-refractivity contribution in [1.82, 2.24) is 0 Å². The summed E-state index contributed by atoms with van der Waals surface area (Å²) in [6, 6.07) is 10.6. The summed E-state index contributed by atoms with van der Waals surface area (Å²) in [6.07, 6.45) is 2.45. The van der Waals surface area contributed by atoms with Crippen LogP contribution in [-0.2, 0) is 6.42 Å². The second-order valence-corrected chi connectivity index (χ2v) is 3.72. The van der Waals surface area contributed by atoms with Crippen molar-refractivity contribution in [2.24, 2.45) is 0 Å². The fraction of sp³-hybridized carbons (Fsp3) is 0.333. The molecule has 1 rings (SSSR count). The molecule has 1 aromatic rings. The van der Waals surface area contributed by atoms with E-state index in [4.69, 9.17) is 0 Å². The Morgan fingerprint density at radius 3 is 1.08 bits per heavy atom. The van der Waals surface area contributed by atoms with E-state index in [9.17, 15) is 51.8 Å². The van der Waals surface area contributed by atoms with E-state index in [0.717, 1.165) is 0 Å². The zero-order valence-corrected chi connectivity index (χ0v) is 16.2. The SMILES string of the molecule is CCCc1ccccc1.F[B-](F)(F)F.F[B-](F)(F)F.F[B-](F)(F)F.[H-].[K+]. The maximum absolute atomic E-state index is 9.75. The third-order valence-electron chi connectivity index (χ3n) is 1.38. The van der Waals surface area contributed by atoms with Crippen LogP contribution in [-0.4, -0.2) is 21.8 Å². The van der Waals surface area contributed by atoms with E-state index < -0.39 is 21.8 Å². The van der Waals surface area contributed by atoms with Crippen molar-refractivity contribution in [3.63, 3.8) is 0 Å². The number of hydrogen-bond donors (Lipinski definition) is 0. The molecule has 0 fully saturated rings. The first-order valence-corrected chi connectivity index (χ1v) is 6.09. The van der Waals surface area contributed by atoms with Crippen LogP contribution in [0, 0.1) is 0 Å². The van der Waals surface area contributed by atoms with Crippen LogP contribution >= 0.6 is 0 Å². The van der Waals surface area contributed by atoms with Crippen LogP contribution in [0.2, 0.25) is 0 Å². The van der Waals surface area contributed by atoms with Gasteiger partial charge in [-0.1, -0.05) is 43.7 Å². The molecule has 0 N–H and O–H groups in total. The van der Waals surface area contributed by atoms with Gasteiger partial charge in [0.1, 0.15) is 0 Å². The molecule has 0 atom stereocenters. The molecule has 16 heteroatoms. The maximum atomic E-state index is 9.75. The van der Waals surface area contributed by atoms with Crippen LogP contribution in [0.1, 0.15) is 20.3 Å². The molecule has 0 saturated carbocycles. The summed E-state index contributed by atoms with van der Waals surface area (Å²) in [5.41, 5.74) is 1.44. The normalized spacial score (nSPS) is 10.6. The molecule has 0 aliphatic carbocycles. The third kappa shape index (κ3) is 95.0. The molecule has 1 aromatic carbocycles. The predicted octanol–water partition coefficient (Wildman–Crippen LogP) is 3.66. The number of aryl methyl sites for hydroxylation is 1. The number of benzene rings is 1. The van der Waals surface area contributed by atoms with Gasteiger partial charge in [-0.3, -0.25) is 0 Å². The summed E-state index contributed by atoms with van der Waals surface area (Å²) in [7, 11) is -18.0. The molecule has 25 heavy (non-hydrogen) atoms. The van der Waals surface area contributed by atoms with Crippen molar-refractivity contribution < 1.29 is 105 Å². The monoisotopic (exact) mass is 421 g/mol. The minimum Gasteiger partial charge on any atom is -1.00 e. The van der Waals surface area contributed by atoms with Crippen LogP contribution in [0.25, 0.3) is 0 Å². The van der Waals surface area contributed by atoms with Gasteiger partial charge in [0.2, 0.25) is 0 Å². The average molecular weight is 421 g/mol. The molecule has 0 aromatic heterocycles. The van der Waals surface area contributed by atoms with E-state index in [1.165, 1.54) is 18.4 Å². The van der Waals surface area contributed by atoms with Gasteiger partial charge in [0.25, 0.3) is 0 Å². The molecule has 0 heterocycles. The Morgan fingerprint density at radius 1 is 0.640 bits per heavy atom. The van der Waals surface area contributed by atoms with Crippen LogP contribution in [0.4, 0.5) is 51.8 Å². The van der Waals surface area contributed by atoms with Gasteiger partial charge < -0.3 is 53.2 Å². The van der Waals surface area contributed by atoms with E-state index in [1.807, 2.05) is 0 Å². The minimum absolute atomic E-state index is 0. The maximum Gasteiger partial charge on any atom is 1.00 e. The van der Waals surface area contributed by atoms with Crippen LogP contribution in [0.5, 0.6) is 0 Å². The average Bonchev–Trinajstić information content (AvgIpc) is 2.23. The Balaban J connectivity index is -0.0000000771. The smallest absolute Gasteiger partial charge is 1.00 e. The standard InChI is InChI=1S/C9H12.3BF4.K.H/c1-2-6-9-7-4-3-5-8-9;3*2-1(3,4)5;;/h3-5,7-8H,2,6H2,1H3;;;;;/q;3*-1;+1;-1. The van der Waals surface area contributed by atoms with E-state index in [1.54, 1.807) is 0 Å². The van der Waals surface area contributed by atoms with E-state index >= 15 is 0 Å². The molecule has 0 spiro atoms. The summed E-state index contributed by atoms with van der Waals surface area (Å²) in [6.45, 7) is 2.20. The Labute approximate surface area is 181 Å². The second kappa shape index (κ2) is 16.4. The largest absolute Gasteiger partial charge is 1.00 e. The quantitative estimate of drug-likeness (QED) is 0.506.